The van der Waals surface area contributed by atoms with Crippen LogP contribution >= 0.6 is 0 Å². The highest BCUT2D eigenvalue weighted by Crippen LogP contribution is 2.45. The SMILES string of the molecule is CCN1CCc2nc(-c3ccc(-c4nc(Cc5ccc6[nH]ncc6c5C5CC5)n(C)n4)cc3)cn2C1. The lowest BCUT2D eigenvalue weighted by molar-refractivity contribution is 0.202. The first-order chi connectivity index (χ1) is 17.7. The molecule has 1 fully saturated rings. The van der Waals surface area contributed by atoms with Gasteiger partial charge in [0, 0.05) is 49.1 Å². The average Bonchev–Trinajstić information content (AvgIpc) is 3.30. The zero-order chi connectivity index (χ0) is 24.2. The molecule has 36 heavy (non-hydrogen) atoms. The molecule has 1 saturated carbocycles. The van der Waals surface area contributed by atoms with Gasteiger partial charge in [0.25, 0.3) is 0 Å². The van der Waals surface area contributed by atoms with Gasteiger partial charge in [-0.25, -0.2) is 9.97 Å². The second-order valence-corrected chi connectivity index (χ2v) is 10.1. The molecule has 3 aromatic heterocycles. The third-order valence-corrected chi connectivity index (χ3v) is 7.69. The summed E-state index contributed by atoms with van der Waals surface area (Å²) < 4.78 is 4.20. The van der Waals surface area contributed by atoms with Gasteiger partial charge in [0.15, 0.2) is 5.82 Å². The molecule has 0 atom stereocenters. The summed E-state index contributed by atoms with van der Waals surface area (Å²) in [6, 6.07) is 12.8. The molecule has 1 aliphatic heterocycles. The largest absolute Gasteiger partial charge is 0.321 e. The molecule has 2 aliphatic rings. The van der Waals surface area contributed by atoms with Crippen LogP contribution in [0.15, 0.2) is 48.8 Å². The minimum absolute atomic E-state index is 0.639. The third-order valence-electron chi connectivity index (χ3n) is 7.69. The van der Waals surface area contributed by atoms with Crippen LogP contribution in [0.3, 0.4) is 0 Å². The van der Waals surface area contributed by atoms with Gasteiger partial charge in [-0.15, -0.1) is 0 Å². The summed E-state index contributed by atoms with van der Waals surface area (Å²) in [5, 5.41) is 13.4. The van der Waals surface area contributed by atoms with Crippen LogP contribution in [0.25, 0.3) is 33.5 Å². The van der Waals surface area contributed by atoms with Gasteiger partial charge in [-0.1, -0.05) is 37.3 Å². The van der Waals surface area contributed by atoms with Gasteiger partial charge in [-0.05, 0) is 42.5 Å². The van der Waals surface area contributed by atoms with Gasteiger partial charge in [-0.3, -0.25) is 14.7 Å². The lowest BCUT2D eigenvalue weighted by Gasteiger charge is -2.26. The van der Waals surface area contributed by atoms with E-state index in [9.17, 15) is 0 Å². The van der Waals surface area contributed by atoms with Crippen molar-refractivity contribution in [2.45, 2.75) is 45.2 Å². The maximum Gasteiger partial charge on any atom is 0.181 e. The van der Waals surface area contributed by atoms with Gasteiger partial charge < -0.3 is 4.57 Å². The lowest BCUT2D eigenvalue weighted by Crippen LogP contribution is -2.33. The fraction of sp³-hybridized carbons (Fsp3) is 0.357. The van der Waals surface area contributed by atoms with E-state index in [0.29, 0.717) is 5.92 Å². The fourth-order valence-electron chi connectivity index (χ4n) is 5.46. The molecule has 0 saturated heterocycles. The summed E-state index contributed by atoms with van der Waals surface area (Å²) >= 11 is 0. The Morgan fingerprint density at radius 3 is 2.67 bits per heavy atom. The molecule has 1 aliphatic carbocycles. The highest BCUT2D eigenvalue weighted by molar-refractivity contribution is 5.84. The number of fused-ring (bicyclic) bond motifs is 2. The molecule has 5 aromatic rings. The molecule has 4 heterocycles. The zero-order valence-electron chi connectivity index (χ0n) is 20.8. The van der Waals surface area contributed by atoms with Crippen LogP contribution in [0.5, 0.6) is 0 Å². The summed E-state index contributed by atoms with van der Waals surface area (Å²) in [5.41, 5.74) is 7.05. The van der Waals surface area contributed by atoms with Gasteiger partial charge in [-0.2, -0.15) is 10.2 Å². The molecule has 8 heteroatoms. The number of hydrogen-bond donors (Lipinski definition) is 1. The van der Waals surface area contributed by atoms with E-state index in [2.05, 4.69) is 69.2 Å². The molecule has 0 unspecified atom stereocenters. The highest BCUT2D eigenvalue weighted by Gasteiger charge is 2.29. The van der Waals surface area contributed by atoms with Crippen molar-refractivity contribution >= 4 is 10.9 Å². The minimum atomic E-state index is 0.639. The number of H-pyrrole nitrogens is 1. The van der Waals surface area contributed by atoms with E-state index >= 15 is 0 Å². The van der Waals surface area contributed by atoms with E-state index in [1.807, 2.05) is 17.9 Å². The first-order valence-electron chi connectivity index (χ1n) is 12.9. The van der Waals surface area contributed by atoms with Crippen LogP contribution in [0, 0.1) is 0 Å². The summed E-state index contributed by atoms with van der Waals surface area (Å²) in [4.78, 5) is 12.3. The Kier molecular flexibility index (Phi) is 5.02. The molecule has 7 rings (SSSR count). The first kappa shape index (κ1) is 21.5. The van der Waals surface area contributed by atoms with Crippen molar-refractivity contribution < 1.29 is 0 Å². The minimum Gasteiger partial charge on any atom is -0.321 e. The number of rotatable bonds is 6. The predicted octanol–water partition coefficient (Wildman–Crippen LogP) is 4.53. The second kappa shape index (κ2) is 8.41. The standard InChI is InChI=1S/C28H30N8/c1-3-35-13-12-25-30-24(16-36(25)17-35)18-4-8-20(9-5-18)28-31-26(34(2)33-28)14-21-10-11-23-22(15-29-32-23)27(21)19-6-7-19/h4-5,8-11,15-16,19H,3,6-7,12-14,17H2,1-2H3,(H,29,32). The maximum atomic E-state index is 4.94. The normalized spacial score (nSPS) is 16.1. The summed E-state index contributed by atoms with van der Waals surface area (Å²) in [6.07, 6.45) is 8.42. The number of imidazole rings is 1. The van der Waals surface area contributed by atoms with Crippen molar-refractivity contribution in [1.82, 2.24) is 39.4 Å². The average molecular weight is 479 g/mol. The van der Waals surface area contributed by atoms with E-state index in [0.717, 1.165) is 66.6 Å². The Morgan fingerprint density at radius 2 is 1.86 bits per heavy atom. The predicted molar refractivity (Wildman–Crippen MR) is 139 cm³/mol. The van der Waals surface area contributed by atoms with E-state index < -0.39 is 0 Å². The Hall–Kier alpha value is -3.78. The topological polar surface area (TPSA) is 80.5 Å². The molecular formula is C28H30N8. The smallest absolute Gasteiger partial charge is 0.181 e. The molecule has 0 spiro atoms. The number of aryl methyl sites for hydroxylation is 1. The maximum absolute atomic E-state index is 4.94. The molecule has 8 nitrogen and oxygen atoms in total. The van der Waals surface area contributed by atoms with E-state index in [1.165, 1.54) is 35.2 Å². The number of aromatic amines is 1. The van der Waals surface area contributed by atoms with Crippen molar-refractivity contribution in [1.29, 1.82) is 0 Å². The molecule has 0 bridgehead atoms. The third kappa shape index (κ3) is 3.73. The van der Waals surface area contributed by atoms with Crippen molar-refractivity contribution in [3.63, 3.8) is 0 Å². The van der Waals surface area contributed by atoms with E-state index in [4.69, 9.17) is 15.1 Å². The van der Waals surface area contributed by atoms with Crippen LogP contribution in [0.4, 0.5) is 0 Å². The molecular weight excluding hydrogens is 448 g/mol. The van der Waals surface area contributed by atoms with Crippen LogP contribution < -0.4 is 0 Å². The summed E-state index contributed by atoms with van der Waals surface area (Å²) in [7, 11) is 1.99. The number of nitrogens with one attached hydrogen (secondary N) is 1. The Balaban J connectivity index is 1.14. The lowest BCUT2D eigenvalue weighted by atomic mass is 9.97. The van der Waals surface area contributed by atoms with Crippen LogP contribution in [-0.4, -0.2) is 52.5 Å². The quantitative estimate of drug-likeness (QED) is 0.388. The number of likely N-dealkylation sites (N-methyl/N-ethyl adjacent to an activating group) is 1. The monoisotopic (exact) mass is 478 g/mol. The molecule has 0 radical (unpaired) electrons. The zero-order valence-corrected chi connectivity index (χ0v) is 20.8. The van der Waals surface area contributed by atoms with Gasteiger partial charge >= 0.3 is 0 Å². The molecule has 0 amide bonds. The van der Waals surface area contributed by atoms with Crippen molar-refractivity contribution in [3.8, 4) is 22.6 Å². The van der Waals surface area contributed by atoms with E-state index in [1.54, 1.807) is 0 Å². The van der Waals surface area contributed by atoms with Crippen LogP contribution in [-0.2, 0) is 26.6 Å². The Morgan fingerprint density at radius 1 is 1.03 bits per heavy atom. The molecule has 1 N–H and O–H groups in total. The number of nitrogens with zero attached hydrogens (tertiary/aromatic N) is 7. The summed E-state index contributed by atoms with van der Waals surface area (Å²) in [5.74, 6) is 3.55. The van der Waals surface area contributed by atoms with Crippen molar-refractivity contribution in [2.24, 2.45) is 7.05 Å². The molecule has 2 aromatic carbocycles. The van der Waals surface area contributed by atoms with Gasteiger partial charge in [0.1, 0.15) is 11.6 Å². The molecule has 182 valence electrons. The Labute approximate surface area is 210 Å². The van der Waals surface area contributed by atoms with Crippen LogP contribution in [0.1, 0.15) is 48.5 Å². The van der Waals surface area contributed by atoms with Crippen molar-refractivity contribution in [2.75, 3.05) is 13.1 Å². The Bertz CT molecular complexity index is 1550. The highest BCUT2D eigenvalue weighted by atomic mass is 15.3. The van der Waals surface area contributed by atoms with Crippen LogP contribution in [0.2, 0.25) is 0 Å². The number of hydrogen-bond acceptors (Lipinski definition) is 5. The second-order valence-electron chi connectivity index (χ2n) is 10.1. The number of benzene rings is 2. The number of aromatic nitrogens is 7. The van der Waals surface area contributed by atoms with Gasteiger partial charge in [0.05, 0.1) is 24.1 Å². The van der Waals surface area contributed by atoms with Crippen molar-refractivity contribution in [3.05, 3.63) is 71.6 Å². The van der Waals surface area contributed by atoms with Gasteiger partial charge in [0.2, 0.25) is 0 Å². The first-order valence-corrected chi connectivity index (χ1v) is 12.9. The summed E-state index contributed by atoms with van der Waals surface area (Å²) in [6.45, 7) is 5.29. The van der Waals surface area contributed by atoms with E-state index in [-0.39, 0.29) is 0 Å². The fourth-order valence-corrected chi connectivity index (χ4v) is 5.46.